The van der Waals surface area contributed by atoms with Crippen LogP contribution in [0.1, 0.15) is 15.9 Å². The summed E-state index contributed by atoms with van der Waals surface area (Å²) in [6.07, 6.45) is 0. The third-order valence-corrected chi connectivity index (χ3v) is 6.73. The van der Waals surface area contributed by atoms with Crippen molar-refractivity contribution in [3.8, 4) is 0 Å². The van der Waals surface area contributed by atoms with Gasteiger partial charge in [0.2, 0.25) is 0 Å². The number of carbonyl (C=O) groups is 1. The zero-order valence-corrected chi connectivity index (χ0v) is 12.5. The maximum atomic E-state index is 11.8. The van der Waals surface area contributed by atoms with Gasteiger partial charge in [0, 0.05) is 0 Å². The van der Waals surface area contributed by atoms with Crippen molar-refractivity contribution in [3.05, 3.63) is 41.1 Å². The molecule has 0 amide bonds. The molecule has 78 valence electrons. The Morgan fingerprint density at radius 2 is 1.73 bits per heavy atom. The molecular weight excluding hydrogens is 316 g/mol. The van der Waals surface area contributed by atoms with Gasteiger partial charge in [0.1, 0.15) is 0 Å². The average molecular weight is 330 g/mol. The molecule has 0 fully saturated rings. The Bertz CT molecular complexity index is 443. The zero-order valence-electron chi connectivity index (χ0n) is 9.20. The van der Waals surface area contributed by atoms with Crippen LogP contribution < -0.4 is 0 Å². The first-order chi connectivity index (χ1) is 6.97. The van der Waals surface area contributed by atoms with Crippen molar-refractivity contribution in [1.29, 1.82) is 0 Å². The summed E-state index contributed by atoms with van der Waals surface area (Å²) in [6.45, 7) is 6.95. The van der Waals surface area contributed by atoms with Crippen LogP contribution in [0.5, 0.6) is 0 Å². The van der Waals surface area contributed by atoms with E-state index in [1.54, 1.807) is 0 Å². The Hall–Kier alpha value is -0.364. The predicted molar refractivity (Wildman–Crippen MR) is 67.8 cm³/mol. The predicted octanol–water partition coefficient (Wildman–Crippen LogP) is 2.76. The van der Waals surface area contributed by atoms with Gasteiger partial charge in [-0.1, -0.05) is 0 Å². The molecule has 0 radical (unpaired) electrons. The van der Waals surface area contributed by atoms with Gasteiger partial charge < -0.3 is 0 Å². The van der Waals surface area contributed by atoms with Crippen molar-refractivity contribution in [2.75, 3.05) is 0 Å². The molecule has 0 aliphatic carbocycles. The SMILES string of the molecule is C[Si](C)(C)/C=C1/[Te]C(=O)c2ccccc21. The maximum absolute atomic E-state index is 11.8. The molecule has 0 saturated heterocycles. The molecule has 0 bridgehead atoms. The van der Waals surface area contributed by atoms with Crippen molar-refractivity contribution in [2.45, 2.75) is 19.6 Å². The summed E-state index contributed by atoms with van der Waals surface area (Å²) in [7, 11) is -1.20. The summed E-state index contributed by atoms with van der Waals surface area (Å²) in [5.41, 5.74) is 4.58. The van der Waals surface area contributed by atoms with Gasteiger partial charge in [-0.25, -0.2) is 0 Å². The van der Waals surface area contributed by atoms with Gasteiger partial charge in [-0.2, -0.15) is 0 Å². The molecule has 0 spiro atoms. The third kappa shape index (κ3) is 2.42. The van der Waals surface area contributed by atoms with Crippen LogP contribution in [0.25, 0.3) is 3.62 Å². The minimum absolute atomic E-state index is 0.403. The molecule has 1 aromatic carbocycles. The van der Waals surface area contributed by atoms with E-state index >= 15 is 0 Å². The van der Waals surface area contributed by atoms with Crippen molar-refractivity contribution < 1.29 is 4.79 Å². The Balaban J connectivity index is 2.50. The molecule has 1 aliphatic heterocycles. The van der Waals surface area contributed by atoms with Crippen LogP contribution in [-0.4, -0.2) is 32.8 Å². The van der Waals surface area contributed by atoms with E-state index in [4.69, 9.17) is 0 Å². The molecule has 15 heavy (non-hydrogen) atoms. The van der Waals surface area contributed by atoms with Crippen molar-refractivity contribution >= 4 is 36.4 Å². The Morgan fingerprint density at radius 1 is 1.13 bits per heavy atom. The second kappa shape index (κ2) is 3.90. The summed E-state index contributed by atoms with van der Waals surface area (Å²) in [4.78, 5) is 11.8. The first-order valence-electron chi connectivity index (χ1n) is 5.02. The van der Waals surface area contributed by atoms with Crippen molar-refractivity contribution in [2.24, 2.45) is 0 Å². The molecule has 0 atom stereocenters. The molecule has 1 heterocycles. The van der Waals surface area contributed by atoms with Gasteiger partial charge in [-0.05, 0) is 0 Å². The first-order valence-corrected chi connectivity index (χ1v) is 10.9. The normalized spacial score (nSPS) is 18.3. The summed E-state index contributed by atoms with van der Waals surface area (Å²) in [6, 6.07) is 8.05. The molecule has 3 heteroatoms. The van der Waals surface area contributed by atoms with E-state index in [2.05, 4.69) is 31.4 Å². The average Bonchev–Trinajstić information content (AvgIpc) is 2.42. The minimum atomic E-state index is -1.20. The van der Waals surface area contributed by atoms with Crippen LogP contribution in [0.15, 0.2) is 30.0 Å². The molecular formula is C12H14OSiTe. The molecule has 1 aliphatic rings. The fourth-order valence-electron chi connectivity index (χ4n) is 1.59. The number of rotatable bonds is 1. The number of fused-ring (bicyclic) bond motifs is 1. The second-order valence-electron chi connectivity index (χ2n) is 4.81. The van der Waals surface area contributed by atoms with Gasteiger partial charge in [-0.3, -0.25) is 0 Å². The Kier molecular flexibility index (Phi) is 2.89. The molecule has 0 aromatic heterocycles. The van der Waals surface area contributed by atoms with Gasteiger partial charge in [-0.15, -0.1) is 0 Å². The summed E-state index contributed by atoms with van der Waals surface area (Å²) in [5.74, 6) is 0. The summed E-state index contributed by atoms with van der Waals surface area (Å²) >= 11 is -0.612. The van der Waals surface area contributed by atoms with Gasteiger partial charge in [0.05, 0.1) is 0 Å². The fraction of sp³-hybridized carbons (Fsp3) is 0.250. The van der Waals surface area contributed by atoms with E-state index in [1.165, 1.54) is 9.18 Å². The van der Waals surface area contributed by atoms with Crippen LogP contribution in [0.4, 0.5) is 0 Å². The monoisotopic (exact) mass is 332 g/mol. The van der Waals surface area contributed by atoms with E-state index in [-0.39, 0.29) is 0 Å². The van der Waals surface area contributed by atoms with Crippen LogP contribution in [0, 0.1) is 0 Å². The first kappa shape index (κ1) is 11.1. The van der Waals surface area contributed by atoms with Gasteiger partial charge in [0.25, 0.3) is 0 Å². The van der Waals surface area contributed by atoms with Crippen molar-refractivity contribution in [3.63, 3.8) is 0 Å². The van der Waals surface area contributed by atoms with Gasteiger partial charge >= 0.3 is 102 Å². The van der Waals surface area contributed by atoms with Crippen LogP contribution in [0.3, 0.4) is 0 Å². The van der Waals surface area contributed by atoms with E-state index in [0.717, 1.165) is 5.56 Å². The molecule has 0 unspecified atom stereocenters. The number of hydrogen-bond acceptors (Lipinski definition) is 1. The topological polar surface area (TPSA) is 17.1 Å². The Labute approximate surface area is 102 Å². The Morgan fingerprint density at radius 3 is 2.33 bits per heavy atom. The van der Waals surface area contributed by atoms with Crippen LogP contribution in [0.2, 0.25) is 19.6 Å². The van der Waals surface area contributed by atoms with Gasteiger partial charge in [0.15, 0.2) is 0 Å². The molecule has 1 aromatic rings. The zero-order chi connectivity index (χ0) is 11.1. The van der Waals surface area contributed by atoms with Crippen LogP contribution >= 0.6 is 0 Å². The standard InChI is InChI=1S/C12H14OSiTe/c1-14(2,3)8-11-9-6-4-5-7-10(9)12(13)15-11/h4-8H,1-3H3/b11-8+. The van der Waals surface area contributed by atoms with E-state index < -0.39 is 29.0 Å². The van der Waals surface area contributed by atoms with E-state index in [1.807, 2.05) is 18.2 Å². The number of carbonyl (C=O) groups excluding carboxylic acids is 1. The van der Waals surface area contributed by atoms with E-state index in [0.29, 0.717) is 3.83 Å². The molecule has 0 N–H and O–H groups in total. The van der Waals surface area contributed by atoms with Crippen LogP contribution in [-0.2, 0) is 0 Å². The van der Waals surface area contributed by atoms with Crippen molar-refractivity contribution in [1.82, 2.24) is 0 Å². The van der Waals surface area contributed by atoms with E-state index in [9.17, 15) is 4.79 Å². The second-order valence-corrected chi connectivity index (χ2v) is 12.7. The number of benzene rings is 1. The molecule has 1 nitrogen and oxygen atoms in total. The fourth-order valence-corrected chi connectivity index (χ4v) is 8.33. The number of hydrogen-bond donors (Lipinski definition) is 0. The third-order valence-electron chi connectivity index (χ3n) is 2.18. The quantitative estimate of drug-likeness (QED) is 0.724. The summed E-state index contributed by atoms with van der Waals surface area (Å²) in [5, 5.41) is 0. The summed E-state index contributed by atoms with van der Waals surface area (Å²) < 4.78 is 1.78. The molecule has 0 saturated carbocycles. The molecule has 2 rings (SSSR count).